The summed E-state index contributed by atoms with van der Waals surface area (Å²) in [6, 6.07) is 16.9. The second-order valence-electron chi connectivity index (χ2n) is 5.63. The van der Waals surface area contributed by atoms with E-state index < -0.39 is 11.8 Å². The molecule has 0 bridgehead atoms. The number of esters is 1. The Kier molecular flexibility index (Phi) is 5.98. The molecule has 0 aliphatic carbocycles. The average molecular weight is 381 g/mol. The van der Waals surface area contributed by atoms with Crippen LogP contribution < -0.4 is 5.32 Å². The van der Waals surface area contributed by atoms with E-state index in [1.807, 2.05) is 60.9 Å². The summed E-state index contributed by atoms with van der Waals surface area (Å²) >= 11 is 1.63. The number of Topliss-reactive ketones (excluding diaryl/α,β-unsaturated/α-hetero) is 1. The Hall–Kier alpha value is -2.99. The Labute approximate surface area is 162 Å². The first-order valence-electron chi connectivity index (χ1n) is 8.44. The minimum Gasteiger partial charge on any atom is -0.462 e. The molecule has 1 aliphatic heterocycles. The van der Waals surface area contributed by atoms with Crippen LogP contribution in [0.15, 0.2) is 76.7 Å². The maximum atomic E-state index is 12.8. The molecular formula is C21H19NO4S. The molecule has 6 heteroatoms. The summed E-state index contributed by atoms with van der Waals surface area (Å²) in [6.07, 6.45) is 3.61. The molecule has 2 aromatic carbocycles. The van der Waals surface area contributed by atoms with E-state index in [-0.39, 0.29) is 23.8 Å². The number of allylic oxidation sites excluding steroid dienone is 1. The van der Waals surface area contributed by atoms with E-state index in [0.29, 0.717) is 5.69 Å². The quantitative estimate of drug-likeness (QED) is 0.350. The predicted molar refractivity (Wildman–Crippen MR) is 106 cm³/mol. The lowest BCUT2D eigenvalue weighted by Crippen LogP contribution is -2.16. The molecule has 0 fully saturated rings. The van der Waals surface area contributed by atoms with Gasteiger partial charge in [0.1, 0.15) is 0 Å². The number of anilines is 1. The Morgan fingerprint density at radius 1 is 1.15 bits per heavy atom. The Morgan fingerprint density at radius 3 is 2.48 bits per heavy atom. The number of hydrogen-bond acceptors (Lipinski definition) is 6. The summed E-state index contributed by atoms with van der Waals surface area (Å²) in [6.45, 7) is 1.86. The molecule has 0 saturated heterocycles. The number of rotatable bonds is 6. The van der Waals surface area contributed by atoms with Crippen molar-refractivity contribution in [3.8, 4) is 0 Å². The van der Waals surface area contributed by atoms with E-state index in [2.05, 4.69) is 5.32 Å². The molecule has 0 aromatic heterocycles. The molecule has 2 aromatic rings. The van der Waals surface area contributed by atoms with Gasteiger partial charge >= 0.3 is 5.97 Å². The fourth-order valence-electron chi connectivity index (χ4n) is 2.51. The maximum Gasteiger partial charge on any atom is 0.347 e. The fraction of sp³-hybridized carbons (Fsp3) is 0.143. The van der Waals surface area contributed by atoms with Crippen LogP contribution in [0.25, 0.3) is 6.08 Å². The van der Waals surface area contributed by atoms with Crippen LogP contribution in [0, 0.1) is 0 Å². The van der Waals surface area contributed by atoms with E-state index in [9.17, 15) is 9.59 Å². The first-order valence-corrected chi connectivity index (χ1v) is 9.66. The van der Waals surface area contributed by atoms with Crippen LogP contribution in [0.4, 0.5) is 5.69 Å². The highest BCUT2D eigenvalue weighted by Crippen LogP contribution is 2.29. The maximum absolute atomic E-state index is 12.8. The van der Waals surface area contributed by atoms with Crippen molar-refractivity contribution in [1.82, 2.24) is 0 Å². The van der Waals surface area contributed by atoms with Gasteiger partial charge in [0.15, 0.2) is 11.3 Å². The van der Waals surface area contributed by atoms with E-state index in [1.54, 1.807) is 24.8 Å². The van der Waals surface area contributed by atoms with Gasteiger partial charge in [0, 0.05) is 10.6 Å². The standard InChI is InChI=1S/C21H19NO4S/c1-3-25-21(24)18-19(23)17(13-14-9-11-16(27-2)12-10-14)26-20(18)22-15-7-5-4-6-8-15/h4-13,22H,3H2,1-2H3/b17-13-. The minimum absolute atomic E-state index is 0.0772. The second kappa shape index (κ2) is 8.60. The summed E-state index contributed by atoms with van der Waals surface area (Å²) in [5.74, 6) is -1.05. The summed E-state index contributed by atoms with van der Waals surface area (Å²) in [4.78, 5) is 26.2. The van der Waals surface area contributed by atoms with Gasteiger partial charge in [0.2, 0.25) is 11.7 Å². The highest BCUT2D eigenvalue weighted by Gasteiger charge is 2.36. The molecule has 0 unspecified atom stereocenters. The number of hydrogen-bond donors (Lipinski definition) is 1. The van der Waals surface area contributed by atoms with Crippen LogP contribution in [-0.2, 0) is 19.1 Å². The molecule has 5 nitrogen and oxygen atoms in total. The molecular weight excluding hydrogens is 362 g/mol. The van der Waals surface area contributed by atoms with Crippen LogP contribution in [0.3, 0.4) is 0 Å². The van der Waals surface area contributed by atoms with Crippen LogP contribution in [0.5, 0.6) is 0 Å². The molecule has 0 spiro atoms. The summed E-state index contributed by atoms with van der Waals surface area (Å²) in [5.41, 5.74) is 1.38. The van der Waals surface area contributed by atoms with Crippen LogP contribution in [0.1, 0.15) is 12.5 Å². The highest BCUT2D eigenvalue weighted by atomic mass is 32.2. The third-order valence-corrected chi connectivity index (χ3v) is 4.56. The van der Waals surface area contributed by atoms with Crippen molar-refractivity contribution in [3.05, 3.63) is 77.4 Å². The minimum atomic E-state index is -0.706. The molecule has 138 valence electrons. The monoisotopic (exact) mass is 381 g/mol. The van der Waals surface area contributed by atoms with Gasteiger partial charge in [-0.1, -0.05) is 30.3 Å². The van der Waals surface area contributed by atoms with Gasteiger partial charge in [0.05, 0.1) is 6.61 Å². The number of carbonyl (C=O) groups excluding carboxylic acids is 2. The molecule has 0 atom stereocenters. The van der Waals surface area contributed by atoms with Crippen molar-refractivity contribution in [2.24, 2.45) is 0 Å². The molecule has 27 heavy (non-hydrogen) atoms. The normalized spacial score (nSPS) is 15.0. The smallest absolute Gasteiger partial charge is 0.347 e. The zero-order chi connectivity index (χ0) is 19.2. The van der Waals surface area contributed by atoms with E-state index in [1.165, 1.54) is 0 Å². The van der Waals surface area contributed by atoms with Gasteiger partial charge < -0.3 is 14.8 Å². The van der Waals surface area contributed by atoms with Crippen molar-refractivity contribution >= 4 is 35.3 Å². The molecule has 1 N–H and O–H groups in total. The number of ketones is 1. The van der Waals surface area contributed by atoms with Gasteiger partial charge in [0.25, 0.3) is 0 Å². The van der Waals surface area contributed by atoms with Gasteiger partial charge in [-0.15, -0.1) is 11.8 Å². The average Bonchev–Trinajstić information content (AvgIpc) is 2.98. The van der Waals surface area contributed by atoms with Crippen LogP contribution in [-0.4, -0.2) is 24.6 Å². The second-order valence-corrected chi connectivity index (χ2v) is 6.51. The topological polar surface area (TPSA) is 64.6 Å². The summed E-state index contributed by atoms with van der Waals surface area (Å²) in [7, 11) is 0. The first-order chi connectivity index (χ1) is 13.1. The molecule has 0 amide bonds. The van der Waals surface area contributed by atoms with Crippen molar-refractivity contribution in [1.29, 1.82) is 0 Å². The number of thioether (sulfide) groups is 1. The molecule has 3 rings (SSSR count). The Morgan fingerprint density at radius 2 is 1.85 bits per heavy atom. The van der Waals surface area contributed by atoms with E-state index >= 15 is 0 Å². The Balaban J connectivity index is 1.91. The van der Waals surface area contributed by atoms with E-state index in [4.69, 9.17) is 9.47 Å². The van der Waals surface area contributed by atoms with Crippen molar-refractivity contribution in [2.75, 3.05) is 18.2 Å². The third kappa shape index (κ3) is 4.41. The van der Waals surface area contributed by atoms with Crippen molar-refractivity contribution < 1.29 is 19.1 Å². The summed E-state index contributed by atoms with van der Waals surface area (Å²) in [5, 5.41) is 2.99. The largest absolute Gasteiger partial charge is 0.462 e. The number of ether oxygens (including phenoxy) is 2. The predicted octanol–water partition coefficient (Wildman–Crippen LogP) is 4.24. The number of para-hydroxylation sites is 1. The zero-order valence-corrected chi connectivity index (χ0v) is 15.8. The number of nitrogens with one attached hydrogen (secondary N) is 1. The lowest BCUT2D eigenvalue weighted by atomic mass is 10.1. The lowest BCUT2D eigenvalue weighted by Gasteiger charge is -2.08. The van der Waals surface area contributed by atoms with Gasteiger partial charge in [-0.25, -0.2) is 4.79 Å². The fourth-order valence-corrected chi connectivity index (χ4v) is 2.92. The van der Waals surface area contributed by atoms with Gasteiger partial charge in [-0.05, 0) is 49.1 Å². The lowest BCUT2D eigenvalue weighted by molar-refractivity contribution is -0.139. The highest BCUT2D eigenvalue weighted by molar-refractivity contribution is 7.98. The van der Waals surface area contributed by atoms with Crippen molar-refractivity contribution in [2.45, 2.75) is 11.8 Å². The molecule has 0 radical (unpaired) electrons. The van der Waals surface area contributed by atoms with Crippen LogP contribution >= 0.6 is 11.8 Å². The first kappa shape index (κ1) is 18.8. The van der Waals surface area contributed by atoms with Gasteiger partial charge in [-0.3, -0.25) is 4.79 Å². The van der Waals surface area contributed by atoms with Crippen molar-refractivity contribution in [3.63, 3.8) is 0 Å². The SMILES string of the molecule is CCOC(=O)C1=C(Nc2ccccc2)O/C(=C\c2ccc(SC)cc2)C1=O. The molecule has 0 saturated carbocycles. The zero-order valence-electron chi connectivity index (χ0n) is 15.0. The number of carbonyl (C=O) groups is 2. The molecule has 1 aliphatic rings. The molecule has 1 heterocycles. The Bertz CT molecular complexity index is 902. The third-order valence-electron chi connectivity index (χ3n) is 3.81. The van der Waals surface area contributed by atoms with E-state index in [0.717, 1.165) is 10.5 Å². The van der Waals surface area contributed by atoms with Crippen LogP contribution in [0.2, 0.25) is 0 Å². The number of benzene rings is 2. The van der Waals surface area contributed by atoms with Gasteiger partial charge in [-0.2, -0.15) is 0 Å². The summed E-state index contributed by atoms with van der Waals surface area (Å²) < 4.78 is 10.7.